The van der Waals surface area contributed by atoms with Gasteiger partial charge in [-0.05, 0) is 24.8 Å². The van der Waals surface area contributed by atoms with Crippen molar-refractivity contribution in [2.75, 3.05) is 14.2 Å². The number of ether oxygens (including phenoxy) is 2. The molecule has 0 unspecified atom stereocenters. The van der Waals surface area contributed by atoms with Crippen LogP contribution in [0.1, 0.15) is 44.2 Å². The largest absolute Gasteiger partial charge is 0.493 e. The van der Waals surface area contributed by atoms with Crippen molar-refractivity contribution in [1.82, 2.24) is 9.97 Å². The monoisotopic (exact) mass is 286 g/mol. The lowest BCUT2D eigenvalue weighted by atomic mass is 9.80. The van der Waals surface area contributed by atoms with Crippen LogP contribution in [0.3, 0.4) is 0 Å². The maximum atomic E-state index is 5.42. The summed E-state index contributed by atoms with van der Waals surface area (Å²) in [5.41, 5.74) is 2.09. The Morgan fingerprint density at radius 1 is 0.952 bits per heavy atom. The maximum Gasteiger partial charge on any atom is 0.162 e. The van der Waals surface area contributed by atoms with Crippen LogP contribution in [-0.2, 0) is 0 Å². The van der Waals surface area contributed by atoms with Crippen LogP contribution in [0.5, 0.6) is 11.5 Å². The Hall–Kier alpha value is -1.84. The van der Waals surface area contributed by atoms with E-state index < -0.39 is 0 Å². The summed E-state index contributed by atoms with van der Waals surface area (Å²) in [6.45, 7) is 2.34. The highest BCUT2D eigenvalue weighted by Crippen LogP contribution is 2.39. The molecule has 0 spiro atoms. The Kier molecular flexibility index (Phi) is 3.95. The molecule has 1 aliphatic rings. The first-order chi connectivity index (χ1) is 10.2. The number of aromatic nitrogens is 2. The number of nitrogens with zero attached hydrogens (tertiary/aromatic N) is 2. The molecule has 0 amide bonds. The third-order valence-corrected chi connectivity index (χ3v) is 4.57. The summed E-state index contributed by atoms with van der Waals surface area (Å²) in [7, 11) is 3.31. The van der Waals surface area contributed by atoms with Gasteiger partial charge in [-0.25, -0.2) is 9.97 Å². The zero-order valence-corrected chi connectivity index (χ0v) is 12.9. The van der Waals surface area contributed by atoms with Crippen LogP contribution < -0.4 is 9.47 Å². The predicted molar refractivity (Wildman–Crippen MR) is 83.0 cm³/mol. The summed E-state index contributed by atoms with van der Waals surface area (Å²) in [6, 6.07) is 3.95. The van der Waals surface area contributed by atoms with Crippen LogP contribution in [0.25, 0.3) is 10.9 Å². The minimum absolute atomic E-state index is 0.532. The second kappa shape index (κ2) is 5.88. The molecule has 1 aliphatic carbocycles. The zero-order valence-electron chi connectivity index (χ0n) is 12.9. The van der Waals surface area contributed by atoms with Crippen LogP contribution >= 0.6 is 0 Å². The number of hydrogen-bond donors (Lipinski definition) is 0. The summed E-state index contributed by atoms with van der Waals surface area (Å²) in [4.78, 5) is 8.97. The topological polar surface area (TPSA) is 44.2 Å². The first kappa shape index (κ1) is 14.1. The lowest BCUT2D eigenvalue weighted by Gasteiger charge is -2.26. The van der Waals surface area contributed by atoms with Crippen molar-refractivity contribution < 1.29 is 9.47 Å². The van der Waals surface area contributed by atoms with Crippen molar-refractivity contribution in [3.8, 4) is 11.5 Å². The Morgan fingerprint density at radius 3 is 2.29 bits per heavy atom. The molecule has 0 N–H and O–H groups in total. The van der Waals surface area contributed by atoms with E-state index >= 15 is 0 Å². The van der Waals surface area contributed by atoms with Gasteiger partial charge in [-0.3, -0.25) is 0 Å². The molecule has 4 nitrogen and oxygen atoms in total. The number of rotatable bonds is 3. The van der Waals surface area contributed by atoms with Crippen LogP contribution in [-0.4, -0.2) is 24.2 Å². The van der Waals surface area contributed by atoms with Crippen LogP contribution in [0.2, 0.25) is 0 Å². The SMILES string of the molecule is COc1cc2ncnc(C3CCC(C)CC3)c2cc1OC. The van der Waals surface area contributed by atoms with E-state index in [-0.39, 0.29) is 0 Å². The van der Waals surface area contributed by atoms with E-state index in [1.54, 1.807) is 20.5 Å². The highest BCUT2D eigenvalue weighted by molar-refractivity contribution is 5.85. The van der Waals surface area contributed by atoms with Gasteiger partial charge < -0.3 is 9.47 Å². The molecule has 0 aliphatic heterocycles. The predicted octanol–water partition coefficient (Wildman–Crippen LogP) is 3.94. The number of fused-ring (bicyclic) bond motifs is 1. The normalized spacial score (nSPS) is 22.2. The summed E-state index contributed by atoms with van der Waals surface area (Å²) >= 11 is 0. The quantitative estimate of drug-likeness (QED) is 0.857. The van der Waals surface area contributed by atoms with Gasteiger partial charge in [0.15, 0.2) is 11.5 Å². The molecule has 21 heavy (non-hydrogen) atoms. The Morgan fingerprint density at radius 2 is 1.62 bits per heavy atom. The minimum Gasteiger partial charge on any atom is -0.493 e. The van der Waals surface area contributed by atoms with Crippen molar-refractivity contribution in [1.29, 1.82) is 0 Å². The fourth-order valence-electron chi connectivity index (χ4n) is 3.26. The van der Waals surface area contributed by atoms with E-state index in [0.29, 0.717) is 11.7 Å². The molecular formula is C17H22N2O2. The van der Waals surface area contributed by atoms with Gasteiger partial charge in [0.2, 0.25) is 0 Å². The van der Waals surface area contributed by atoms with Crippen molar-refractivity contribution >= 4 is 10.9 Å². The van der Waals surface area contributed by atoms with Gasteiger partial charge in [-0.2, -0.15) is 0 Å². The van der Waals surface area contributed by atoms with Crippen molar-refractivity contribution in [2.45, 2.75) is 38.5 Å². The van der Waals surface area contributed by atoms with Gasteiger partial charge in [0, 0.05) is 17.4 Å². The molecule has 0 atom stereocenters. The van der Waals surface area contributed by atoms with Gasteiger partial charge in [-0.15, -0.1) is 0 Å². The minimum atomic E-state index is 0.532. The molecule has 0 radical (unpaired) electrons. The number of benzene rings is 1. The van der Waals surface area contributed by atoms with E-state index in [4.69, 9.17) is 9.47 Å². The smallest absolute Gasteiger partial charge is 0.162 e. The number of methoxy groups -OCH3 is 2. The van der Waals surface area contributed by atoms with Gasteiger partial charge in [0.1, 0.15) is 6.33 Å². The summed E-state index contributed by atoms with van der Waals surface area (Å²) in [6.07, 6.45) is 6.65. The Balaban J connectivity index is 2.06. The lowest BCUT2D eigenvalue weighted by molar-refractivity contribution is 0.344. The summed E-state index contributed by atoms with van der Waals surface area (Å²) in [5.74, 6) is 2.82. The molecule has 0 saturated heterocycles. The van der Waals surface area contributed by atoms with E-state index in [0.717, 1.165) is 28.3 Å². The average Bonchev–Trinajstić information content (AvgIpc) is 2.53. The molecule has 1 fully saturated rings. The van der Waals surface area contributed by atoms with Crippen molar-refractivity contribution in [2.24, 2.45) is 5.92 Å². The second-order valence-electron chi connectivity index (χ2n) is 5.94. The standard InChI is InChI=1S/C17H22N2O2/c1-11-4-6-12(7-5-11)17-13-8-15(20-2)16(21-3)9-14(13)18-10-19-17/h8-12H,4-7H2,1-3H3. The van der Waals surface area contributed by atoms with E-state index in [1.165, 1.54) is 25.7 Å². The highest BCUT2D eigenvalue weighted by atomic mass is 16.5. The molecule has 0 bridgehead atoms. The van der Waals surface area contributed by atoms with E-state index in [1.807, 2.05) is 12.1 Å². The van der Waals surface area contributed by atoms with E-state index in [2.05, 4.69) is 16.9 Å². The number of hydrogen-bond acceptors (Lipinski definition) is 4. The Bertz CT molecular complexity index is 634. The fourth-order valence-corrected chi connectivity index (χ4v) is 3.26. The molecule has 4 heteroatoms. The molecule has 1 aromatic carbocycles. The molecular weight excluding hydrogens is 264 g/mol. The van der Waals surface area contributed by atoms with Gasteiger partial charge >= 0.3 is 0 Å². The molecule has 1 aromatic heterocycles. The molecule has 3 rings (SSSR count). The van der Waals surface area contributed by atoms with Crippen LogP contribution in [0.4, 0.5) is 0 Å². The van der Waals surface area contributed by atoms with Gasteiger partial charge in [0.05, 0.1) is 25.4 Å². The van der Waals surface area contributed by atoms with Crippen LogP contribution in [0, 0.1) is 5.92 Å². The van der Waals surface area contributed by atoms with Gasteiger partial charge in [-0.1, -0.05) is 19.8 Å². The second-order valence-corrected chi connectivity index (χ2v) is 5.94. The summed E-state index contributed by atoms with van der Waals surface area (Å²) in [5, 5.41) is 1.09. The average molecular weight is 286 g/mol. The molecule has 1 heterocycles. The lowest BCUT2D eigenvalue weighted by Crippen LogP contribution is -2.12. The first-order valence-electron chi connectivity index (χ1n) is 7.59. The highest BCUT2D eigenvalue weighted by Gasteiger charge is 2.23. The molecule has 1 saturated carbocycles. The molecule has 2 aromatic rings. The third-order valence-electron chi connectivity index (χ3n) is 4.57. The van der Waals surface area contributed by atoms with Crippen LogP contribution in [0.15, 0.2) is 18.5 Å². The molecule has 112 valence electrons. The first-order valence-corrected chi connectivity index (χ1v) is 7.59. The van der Waals surface area contributed by atoms with Crippen molar-refractivity contribution in [3.05, 3.63) is 24.2 Å². The van der Waals surface area contributed by atoms with Gasteiger partial charge in [0.25, 0.3) is 0 Å². The summed E-state index contributed by atoms with van der Waals surface area (Å²) < 4.78 is 10.8. The maximum absolute atomic E-state index is 5.42. The Labute approximate surface area is 125 Å². The third kappa shape index (κ3) is 2.67. The zero-order chi connectivity index (χ0) is 14.8. The van der Waals surface area contributed by atoms with Crippen molar-refractivity contribution in [3.63, 3.8) is 0 Å². The fraction of sp³-hybridized carbons (Fsp3) is 0.529. The van der Waals surface area contributed by atoms with E-state index in [9.17, 15) is 0 Å².